The molecule has 1 heterocycles. The largest absolute Gasteiger partial charge is 0.314 e. The lowest BCUT2D eigenvalue weighted by Gasteiger charge is -2.26. The van der Waals surface area contributed by atoms with Gasteiger partial charge in [0.15, 0.2) is 0 Å². The zero-order chi connectivity index (χ0) is 8.23. The fraction of sp³-hybridized carbons (Fsp3) is 0.667. The van der Waals surface area contributed by atoms with E-state index in [1.807, 2.05) is 11.6 Å². The van der Waals surface area contributed by atoms with Gasteiger partial charge in [0.05, 0.1) is 5.01 Å². The summed E-state index contributed by atoms with van der Waals surface area (Å²) < 4.78 is 0. The quantitative estimate of drug-likeness (QED) is 0.768. The molecule has 0 aromatic carbocycles. The Morgan fingerprint density at radius 1 is 1.58 bits per heavy atom. The summed E-state index contributed by atoms with van der Waals surface area (Å²) in [7, 11) is 0. The normalized spacial score (nSPS) is 17.7. The fourth-order valence-electron chi connectivity index (χ4n) is 1.37. The highest BCUT2D eigenvalue weighted by molar-refractivity contribution is 7.09. The smallest absolute Gasteiger partial charge is 0.0937 e. The Balaban J connectivity index is 1.62. The van der Waals surface area contributed by atoms with Gasteiger partial charge in [0.2, 0.25) is 0 Å². The number of hydrogen-bond donors (Lipinski definition) is 1. The standard InChI is InChI=1S/C9H14N2S/c1-2-8(3-1)10-5-4-9-11-6-7-12-9/h6-8,10H,1-5H2. The summed E-state index contributed by atoms with van der Waals surface area (Å²) in [4.78, 5) is 4.24. The Morgan fingerprint density at radius 3 is 3.08 bits per heavy atom. The zero-order valence-corrected chi connectivity index (χ0v) is 7.94. The summed E-state index contributed by atoms with van der Waals surface area (Å²) in [6, 6.07) is 0.810. The van der Waals surface area contributed by atoms with Crippen LogP contribution in [-0.2, 0) is 6.42 Å². The molecule has 1 aromatic heterocycles. The maximum absolute atomic E-state index is 4.24. The van der Waals surface area contributed by atoms with Crippen LogP contribution in [0, 0.1) is 0 Å². The molecule has 66 valence electrons. The third-order valence-electron chi connectivity index (χ3n) is 2.36. The molecule has 1 aromatic rings. The van der Waals surface area contributed by atoms with Crippen molar-refractivity contribution in [2.75, 3.05) is 6.54 Å². The van der Waals surface area contributed by atoms with Gasteiger partial charge < -0.3 is 5.32 Å². The van der Waals surface area contributed by atoms with Crippen LogP contribution in [0.25, 0.3) is 0 Å². The predicted octanol–water partition coefficient (Wildman–Crippen LogP) is 1.83. The Morgan fingerprint density at radius 2 is 2.50 bits per heavy atom. The van der Waals surface area contributed by atoms with Gasteiger partial charge in [-0.05, 0) is 12.8 Å². The van der Waals surface area contributed by atoms with E-state index in [1.54, 1.807) is 11.3 Å². The van der Waals surface area contributed by atoms with Crippen LogP contribution in [0.2, 0.25) is 0 Å². The Hall–Kier alpha value is -0.410. The van der Waals surface area contributed by atoms with E-state index in [1.165, 1.54) is 24.3 Å². The SMILES string of the molecule is c1csc(CCNC2CCC2)n1. The summed E-state index contributed by atoms with van der Waals surface area (Å²) in [5.74, 6) is 0. The van der Waals surface area contributed by atoms with E-state index in [4.69, 9.17) is 0 Å². The first-order chi connectivity index (χ1) is 5.95. The van der Waals surface area contributed by atoms with Crippen molar-refractivity contribution >= 4 is 11.3 Å². The number of thiazole rings is 1. The molecule has 1 fully saturated rings. The predicted molar refractivity (Wildman–Crippen MR) is 51.5 cm³/mol. The third-order valence-corrected chi connectivity index (χ3v) is 3.20. The molecular formula is C9H14N2S. The molecule has 0 amide bonds. The summed E-state index contributed by atoms with van der Waals surface area (Å²) in [6.07, 6.45) is 7.13. The van der Waals surface area contributed by atoms with Gasteiger partial charge in [-0.15, -0.1) is 11.3 Å². The monoisotopic (exact) mass is 182 g/mol. The number of nitrogens with one attached hydrogen (secondary N) is 1. The summed E-state index contributed by atoms with van der Waals surface area (Å²) >= 11 is 1.75. The molecule has 2 rings (SSSR count). The van der Waals surface area contributed by atoms with Crippen molar-refractivity contribution in [1.29, 1.82) is 0 Å². The molecule has 0 unspecified atom stereocenters. The molecule has 1 aliphatic rings. The highest BCUT2D eigenvalue weighted by Crippen LogP contribution is 2.17. The first kappa shape index (κ1) is 8.20. The van der Waals surface area contributed by atoms with Gasteiger partial charge in [-0.25, -0.2) is 4.98 Å². The molecule has 0 radical (unpaired) electrons. The molecule has 2 nitrogen and oxygen atoms in total. The average molecular weight is 182 g/mol. The Bertz CT molecular complexity index is 216. The average Bonchev–Trinajstić information content (AvgIpc) is 2.46. The van der Waals surface area contributed by atoms with Gasteiger partial charge in [-0.1, -0.05) is 6.42 Å². The number of rotatable bonds is 4. The van der Waals surface area contributed by atoms with Crippen LogP contribution in [0.3, 0.4) is 0 Å². The number of nitrogens with zero attached hydrogens (tertiary/aromatic N) is 1. The Kier molecular flexibility index (Phi) is 2.74. The molecule has 1 saturated carbocycles. The van der Waals surface area contributed by atoms with Crippen molar-refractivity contribution in [2.45, 2.75) is 31.7 Å². The van der Waals surface area contributed by atoms with Gasteiger partial charge in [-0.2, -0.15) is 0 Å². The first-order valence-corrected chi connectivity index (χ1v) is 5.45. The molecule has 0 atom stereocenters. The second-order valence-electron chi connectivity index (χ2n) is 3.26. The lowest BCUT2D eigenvalue weighted by molar-refractivity contribution is 0.342. The van der Waals surface area contributed by atoms with Crippen molar-refractivity contribution < 1.29 is 0 Å². The number of hydrogen-bond acceptors (Lipinski definition) is 3. The van der Waals surface area contributed by atoms with Crippen molar-refractivity contribution in [2.24, 2.45) is 0 Å². The Labute approximate surface area is 77.0 Å². The summed E-state index contributed by atoms with van der Waals surface area (Å²) in [5.41, 5.74) is 0. The van der Waals surface area contributed by atoms with E-state index < -0.39 is 0 Å². The van der Waals surface area contributed by atoms with Crippen LogP contribution >= 0.6 is 11.3 Å². The van der Waals surface area contributed by atoms with E-state index in [-0.39, 0.29) is 0 Å². The van der Waals surface area contributed by atoms with Gasteiger partial charge in [0.1, 0.15) is 0 Å². The number of aromatic nitrogens is 1. The van der Waals surface area contributed by atoms with Crippen LogP contribution in [-0.4, -0.2) is 17.6 Å². The molecule has 0 saturated heterocycles. The van der Waals surface area contributed by atoms with E-state index in [0.29, 0.717) is 0 Å². The van der Waals surface area contributed by atoms with Crippen LogP contribution in [0.5, 0.6) is 0 Å². The fourth-order valence-corrected chi connectivity index (χ4v) is 1.99. The molecule has 0 aliphatic heterocycles. The molecular weight excluding hydrogens is 168 g/mol. The highest BCUT2D eigenvalue weighted by atomic mass is 32.1. The maximum Gasteiger partial charge on any atom is 0.0937 e. The topological polar surface area (TPSA) is 24.9 Å². The lowest BCUT2D eigenvalue weighted by Crippen LogP contribution is -2.36. The molecule has 1 aliphatic carbocycles. The van der Waals surface area contributed by atoms with E-state index in [9.17, 15) is 0 Å². The summed E-state index contributed by atoms with van der Waals surface area (Å²) in [6.45, 7) is 1.10. The van der Waals surface area contributed by atoms with E-state index in [2.05, 4.69) is 10.3 Å². The van der Waals surface area contributed by atoms with Crippen LogP contribution in [0.4, 0.5) is 0 Å². The minimum Gasteiger partial charge on any atom is -0.314 e. The third kappa shape index (κ3) is 2.05. The second-order valence-corrected chi connectivity index (χ2v) is 4.24. The zero-order valence-electron chi connectivity index (χ0n) is 7.12. The van der Waals surface area contributed by atoms with Crippen molar-refractivity contribution in [3.05, 3.63) is 16.6 Å². The van der Waals surface area contributed by atoms with Crippen LogP contribution in [0.15, 0.2) is 11.6 Å². The highest BCUT2D eigenvalue weighted by Gasteiger charge is 2.15. The lowest BCUT2D eigenvalue weighted by atomic mass is 9.93. The van der Waals surface area contributed by atoms with Crippen molar-refractivity contribution in [1.82, 2.24) is 10.3 Å². The first-order valence-electron chi connectivity index (χ1n) is 4.57. The van der Waals surface area contributed by atoms with Gasteiger partial charge in [-0.3, -0.25) is 0 Å². The minimum absolute atomic E-state index is 0.810. The summed E-state index contributed by atoms with van der Waals surface area (Å²) in [5, 5.41) is 6.82. The van der Waals surface area contributed by atoms with Crippen molar-refractivity contribution in [3.8, 4) is 0 Å². The van der Waals surface area contributed by atoms with Crippen LogP contribution < -0.4 is 5.32 Å². The van der Waals surface area contributed by atoms with Crippen LogP contribution in [0.1, 0.15) is 24.3 Å². The molecule has 0 spiro atoms. The van der Waals surface area contributed by atoms with E-state index >= 15 is 0 Å². The minimum atomic E-state index is 0.810. The maximum atomic E-state index is 4.24. The van der Waals surface area contributed by atoms with E-state index in [0.717, 1.165) is 19.0 Å². The van der Waals surface area contributed by atoms with Crippen molar-refractivity contribution in [3.63, 3.8) is 0 Å². The second kappa shape index (κ2) is 4.01. The molecule has 12 heavy (non-hydrogen) atoms. The molecule has 1 N–H and O–H groups in total. The van der Waals surface area contributed by atoms with Gasteiger partial charge in [0.25, 0.3) is 0 Å². The van der Waals surface area contributed by atoms with Gasteiger partial charge in [0, 0.05) is 30.6 Å². The molecule has 3 heteroatoms. The molecule has 0 bridgehead atoms. The van der Waals surface area contributed by atoms with Gasteiger partial charge >= 0.3 is 0 Å².